The molecule has 7 nitrogen and oxygen atoms in total. The average Bonchev–Trinajstić information content (AvgIpc) is 3.14. The normalized spacial score (nSPS) is 12.9. The zero-order chi connectivity index (χ0) is 19.8. The summed E-state index contributed by atoms with van der Waals surface area (Å²) in [7, 11) is 1.51. The SMILES string of the molecule is COCCn1c(=S)[nH]c(=O)c2c(C(F)F)cc(-c3ccc4c(c3)OCO4)nc21. The van der Waals surface area contributed by atoms with Crippen molar-refractivity contribution in [1.29, 1.82) is 0 Å². The van der Waals surface area contributed by atoms with Crippen LogP contribution in [0.15, 0.2) is 29.1 Å². The zero-order valence-corrected chi connectivity index (χ0v) is 15.5. The number of methoxy groups -OCH3 is 1. The van der Waals surface area contributed by atoms with Gasteiger partial charge in [-0.05, 0) is 36.5 Å². The number of ether oxygens (including phenoxy) is 3. The Morgan fingerprint density at radius 1 is 1.32 bits per heavy atom. The van der Waals surface area contributed by atoms with E-state index in [2.05, 4.69) is 9.97 Å². The average molecular weight is 407 g/mol. The van der Waals surface area contributed by atoms with Crippen molar-refractivity contribution in [3.63, 3.8) is 0 Å². The lowest BCUT2D eigenvalue weighted by molar-refractivity contribution is 0.153. The molecule has 28 heavy (non-hydrogen) atoms. The summed E-state index contributed by atoms with van der Waals surface area (Å²) in [6, 6.07) is 6.25. The van der Waals surface area contributed by atoms with Gasteiger partial charge in [-0.2, -0.15) is 0 Å². The van der Waals surface area contributed by atoms with Crippen LogP contribution in [0.1, 0.15) is 12.0 Å². The number of nitrogens with one attached hydrogen (secondary N) is 1. The molecule has 10 heteroatoms. The fourth-order valence-electron chi connectivity index (χ4n) is 3.07. The van der Waals surface area contributed by atoms with Crippen LogP contribution >= 0.6 is 12.2 Å². The lowest BCUT2D eigenvalue weighted by Crippen LogP contribution is -2.19. The second-order valence-electron chi connectivity index (χ2n) is 6.07. The molecule has 3 aromatic rings. The molecule has 3 heterocycles. The van der Waals surface area contributed by atoms with Gasteiger partial charge in [0, 0.05) is 18.2 Å². The van der Waals surface area contributed by atoms with E-state index >= 15 is 0 Å². The van der Waals surface area contributed by atoms with Crippen LogP contribution < -0.4 is 15.0 Å². The molecule has 0 spiro atoms. The summed E-state index contributed by atoms with van der Waals surface area (Å²) >= 11 is 5.20. The Labute approximate surface area is 162 Å². The standard InChI is InChI=1S/C18H15F2N3O4S/c1-25-5-4-23-16-14(17(24)22-18(23)28)10(15(19)20)7-11(21-16)9-2-3-12-13(6-9)27-8-26-12/h2-3,6-7,15H,4-5,8H2,1H3,(H,22,24,28). The molecular formula is C18H15F2N3O4S. The van der Waals surface area contributed by atoms with Crippen LogP contribution in [0.25, 0.3) is 22.3 Å². The molecule has 1 aliphatic rings. The number of aromatic nitrogens is 3. The molecule has 146 valence electrons. The Balaban J connectivity index is 2.00. The van der Waals surface area contributed by atoms with E-state index < -0.39 is 17.5 Å². The molecule has 1 aliphatic heterocycles. The Morgan fingerprint density at radius 2 is 2.11 bits per heavy atom. The van der Waals surface area contributed by atoms with E-state index in [9.17, 15) is 13.6 Å². The minimum Gasteiger partial charge on any atom is -0.454 e. The van der Waals surface area contributed by atoms with Crippen LogP contribution in [0.4, 0.5) is 8.78 Å². The minimum atomic E-state index is -2.87. The number of pyridine rings is 1. The van der Waals surface area contributed by atoms with Crippen molar-refractivity contribution in [2.24, 2.45) is 0 Å². The number of hydrogen-bond acceptors (Lipinski definition) is 6. The summed E-state index contributed by atoms with van der Waals surface area (Å²) in [5.74, 6) is 1.07. The summed E-state index contributed by atoms with van der Waals surface area (Å²) in [6.07, 6.45) is -2.87. The number of hydrogen-bond donors (Lipinski definition) is 1. The van der Waals surface area contributed by atoms with Crippen LogP contribution in [0.3, 0.4) is 0 Å². The monoisotopic (exact) mass is 407 g/mol. The molecule has 0 fully saturated rings. The van der Waals surface area contributed by atoms with Crippen molar-refractivity contribution in [2.45, 2.75) is 13.0 Å². The number of benzene rings is 1. The van der Waals surface area contributed by atoms with Crippen LogP contribution in [-0.2, 0) is 11.3 Å². The molecule has 0 amide bonds. The van der Waals surface area contributed by atoms with E-state index in [4.69, 9.17) is 26.4 Å². The number of nitrogens with zero attached hydrogens (tertiary/aromatic N) is 2. The van der Waals surface area contributed by atoms with Gasteiger partial charge in [-0.25, -0.2) is 13.8 Å². The summed E-state index contributed by atoms with van der Waals surface area (Å²) in [4.78, 5) is 19.3. The van der Waals surface area contributed by atoms with Gasteiger partial charge < -0.3 is 18.8 Å². The maximum Gasteiger partial charge on any atom is 0.264 e. The third kappa shape index (κ3) is 3.14. The Morgan fingerprint density at radius 3 is 2.86 bits per heavy atom. The third-order valence-electron chi connectivity index (χ3n) is 4.40. The Kier molecular flexibility index (Phi) is 4.82. The van der Waals surface area contributed by atoms with Crippen molar-refractivity contribution >= 4 is 23.3 Å². The van der Waals surface area contributed by atoms with Crippen LogP contribution in [0.5, 0.6) is 11.5 Å². The molecule has 2 aromatic heterocycles. The quantitative estimate of drug-likeness (QED) is 0.653. The maximum absolute atomic E-state index is 13.8. The van der Waals surface area contributed by atoms with Crippen molar-refractivity contribution in [3.8, 4) is 22.8 Å². The second-order valence-corrected chi connectivity index (χ2v) is 6.45. The molecule has 0 bridgehead atoms. The van der Waals surface area contributed by atoms with Crippen molar-refractivity contribution in [1.82, 2.24) is 14.5 Å². The van der Waals surface area contributed by atoms with Gasteiger partial charge in [-0.1, -0.05) is 0 Å². The first-order valence-electron chi connectivity index (χ1n) is 8.34. The zero-order valence-electron chi connectivity index (χ0n) is 14.7. The molecule has 1 N–H and O–H groups in total. The Hall–Kier alpha value is -2.85. The molecule has 0 unspecified atom stereocenters. The highest BCUT2D eigenvalue weighted by molar-refractivity contribution is 7.71. The molecule has 0 radical (unpaired) electrons. The van der Waals surface area contributed by atoms with Crippen LogP contribution in [0.2, 0.25) is 0 Å². The van der Waals surface area contributed by atoms with Gasteiger partial charge >= 0.3 is 0 Å². The highest BCUT2D eigenvalue weighted by Gasteiger charge is 2.21. The van der Waals surface area contributed by atoms with Gasteiger partial charge in [0.05, 0.1) is 24.2 Å². The van der Waals surface area contributed by atoms with Gasteiger partial charge in [0.2, 0.25) is 6.79 Å². The molecule has 0 aliphatic carbocycles. The van der Waals surface area contributed by atoms with Gasteiger partial charge in [0.15, 0.2) is 16.3 Å². The predicted octanol–water partition coefficient (Wildman–Crippen LogP) is 3.43. The minimum absolute atomic E-state index is 0.0799. The highest BCUT2D eigenvalue weighted by atomic mass is 32.1. The smallest absolute Gasteiger partial charge is 0.264 e. The summed E-state index contributed by atoms with van der Waals surface area (Å²) in [6.45, 7) is 0.621. The largest absolute Gasteiger partial charge is 0.454 e. The van der Waals surface area contributed by atoms with Gasteiger partial charge in [0.25, 0.3) is 12.0 Å². The topological polar surface area (TPSA) is 78.4 Å². The first-order valence-corrected chi connectivity index (χ1v) is 8.75. The number of alkyl halides is 2. The first-order chi connectivity index (χ1) is 13.5. The summed E-state index contributed by atoms with van der Waals surface area (Å²) < 4.78 is 44.8. The molecule has 0 atom stereocenters. The first kappa shape index (κ1) is 18.5. The van der Waals surface area contributed by atoms with Gasteiger partial charge in [-0.15, -0.1) is 0 Å². The van der Waals surface area contributed by atoms with Gasteiger partial charge in [0.1, 0.15) is 5.65 Å². The molecular weight excluding hydrogens is 392 g/mol. The molecule has 1 aromatic carbocycles. The van der Waals surface area contributed by atoms with Crippen molar-refractivity contribution in [2.75, 3.05) is 20.5 Å². The number of fused-ring (bicyclic) bond motifs is 2. The number of H-pyrrole nitrogens is 1. The Bertz CT molecular complexity index is 1180. The number of rotatable bonds is 5. The number of halogens is 2. The third-order valence-corrected chi connectivity index (χ3v) is 4.72. The van der Waals surface area contributed by atoms with Gasteiger partial charge in [-0.3, -0.25) is 9.78 Å². The van der Waals surface area contributed by atoms with E-state index in [1.165, 1.54) is 17.7 Å². The van der Waals surface area contributed by atoms with Crippen molar-refractivity contribution in [3.05, 3.63) is 45.0 Å². The lowest BCUT2D eigenvalue weighted by Gasteiger charge is -2.14. The molecule has 4 rings (SSSR count). The second kappa shape index (κ2) is 7.28. The lowest BCUT2D eigenvalue weighted by atomic mass is 10.1. The fraction of sp³-hybridized carbons (Fsp3) is 0.278. The maximum atomic E-state index is 13.8. The van der Waals surface area contributed by atoms with E-state index in [1.54, 1.807) is 18.2 Å². The summed E-state index contributed by atoms with van der Waals surface area (Å²) in [5, 5.41) is -0.191. The summed E-state index contributed by atoms with van der Waals surface area (Å²) in [5.41, 5.74) is -0.213. The van der Waals surface area contributed by atoms with E-state index in [1.807, 2.05) is 0 Å². The number of aromatic amines is 1. The fourth-order valence-corrected chi connectivity index (χ4v) is 3.34. The van der Waals surface area contributed by atoms with Crippen molar-refractivity contribution < 1.29 is 23.0 Å². The molecule has 0 saturated heterocycles. The van der Waals surface area contributed by atoms with E-state index in [0.717, 1.165) is 0 Å². The highest BCUT2D eigenvalue weighted by Crippen LogP contribution is 2.37. The predicted molar refractivity (Wildman–Crippen MR) is 99.6 cm³/mol. The van der Waals surface area contributed by atoms with Crippen LogP contribution in [0, 0.1) is 4.77 Å². The van der Waals surface area contributed by atoms with E-state index in [0.29, 0.717) is 17.1 Å². The van der Waals surface area contributed by atoms with Crippen LogP contribution in [-0.4, -0.2) is 35.0 Å². The van der Waals surface area contributed by atoms with E-state index in [-0.39, 0.29) is 41.4 Å². The molecule has 0 saturated carbocycles.